The lowest BCUT2D eigenvalue weighted by molar-refractivity contribution is -0.120. The second-order valence-electron chi connectivity index (χ2n) is 5.42. The van der Waals surface area contributed by atoms with E-state index >= 15 is 0 Å². The highest BCUT2D eigenvalue weighted by Crippen LogP contribution is 2.38. The van der Waals surface area contributed by atoms with E-state index in [0.717, 1.165) is 5.52 Å². The van der Waals surface area contributed by atoms with Gasteiger partial charge in [0.2, 0.25) is 5.88 Å². The van der Waals surface area contributed by atoms with Gasteiger partial charge in [-0.15, -0.1) is 10.2 Å². The molecular formula is C19H16N4O3. The molecule has 0 bridgehead atoms. The van der Waals surface area contributed by atoms with Gasteiger partial charge in [-0.3, -0.25) is 4.79 Å². The van der Waals surface area contributed by atoms with Crippen LogP contribution in [0.1, 0.15) is 12.5 Å². The van der Waals surface area contributed by atoms with Crippen LogP contribution in [-0.4, -0.2) is 22.2 Å². The van der Waals surface area contributed by atoms with Gasteiger partial charge in [0.15, 0.2) is 12.3 Å². The van der Waals surface area contributed by atoms with E-state index in [-0.39, 0.29) is 18.2 Å². The Morgan fingerprint density at radius 2 is 1.96 bits per heavy atom. The zero-order chi connectivity index (χ0) is 18.5. The number of rotatable bonds is 5. The summed E-state index contributed by atoms with van der Waals surface area (Å²) in [6, 6.07) is 16.0. The maximum absolute atomic E-state index is 12.0. The molecule has 0 radical (unpaired) electrons. The lowest BCUT2D eigenvalue weighted by Crippen LogP contribution is -2.08. The molecular weight excluding hydrogens is 332 g/mol. The number of aromatic nitrogens is 1. The third-order valence-electron chi connectivity index (χ3n) is 3.85. The number of amides is 1. The average Bonchev–Trinajstić information content (AvgIpc) is 2.95. The number of aryl methyl sites for hydroxylation is 1. The molecule has 3 aromatic rings. The smallest absolute Gasteiger partial charge is 0.302 e. The molecule has 2 aromatic carbocycles. The van der Waals surface area contributed by atoms with Crippen molar-refractivity contribution in [2.45, 2.75) is 13.5 Å². The summed E-state index contributed by atoms with van der Waals surface area (Å²) in [4.78, 5) is 12.0. The number of carbonyl (C=O) groups excluding carboxylic acids is 1. The highest BCUT2D eigenvalue weighted by atomic mass is 16.5. The van der Waals surface area contributed by atoms with Gasteiger partial charge in [0, 0.05) is 11.9 Å². The number of azo groups is 1. The molecule has 7 nitrogen and oxygen atoms in total. The fourth-order valence-electron chi connectivity index (χ4n) is 2.65. The standard InChI is InChI=1S/C19H16N4O3/c1-2-23-15-9-5-4-8-14(15)18(19(23)25)22-21-17(24)12-26-16-10-6-3-7-13(16)11-20/h3-10,25H,2,12H2,1H3. The van der Waals surface area contributed by atoms with E-state index in [1.54, 1.807) is 34.9 Å². The molecule has 1 heterocycles. The molecule has 130 valence electrons. The van der Waals surface area contributed by atoms with Crippen LogP contribution in [0.25, 0.3) is 10.9 Å². The van der Waals surface area contributed by atoms with Crippen LogP contribution in [-0.2, 0) is 11.3 Å². The summed E-state index contributed by atoms with van der Waals surface area (Å²) in [5, 5.41) is 27.6. The second-order valence-corrected chi connectivity index (χ2v) is 5.42. The Hall–Kier alpha value is -3.66. The predicted octanol–water partition coefficient (Wildman–Crippen LogP) is 3.93. The van der Waals surface area contributed by atoms with Gasteiger partial charge >= 0.3 is 5.91 Å². The van der Waals surface area contributed by atoms with Gasteiger partial charge in [-0.05, 0) is 25.1 Å². The third-order valence-corrected chi connectivity index (χ3v) is 3.85. The Kier molecular flexibility index (Phi) is 4.94. The summed E-state index contributed by atoms with van der Waals surface area (Å²) in [7, 11) is 0. The van der Waals surface area contributed by atoms with Crippen LogP contribution in [0.3, 0.4) is 0 Å². The van der Waals surface area contributed by atoms with Gasteiger partial charge < -0.3 is 14.4 Å². The Morgan fingerprint density at radius 1 is 1.23 bits per heavy atom. The number of nitriles is 1. The van der Waals surface area contributed by atoms with Crippen LogP contribution in [0.15, 0.2) is 58.8 Å². The van der Waals surface area contributed by atoms with Crippen molar-refractivity contribution in [2.24, 2.45) is 10.2 Å². The molecule has 0 fully saturated rings. The molecule has 0 saturated carbocycles. The minimum Gasteiger partial charge on any atom is -0.493 e. The van der Waals surface area contributed by atoms with Crippen molar-refractivity contribution in [1.82, 2.24) is 4.57 Å². The molecule has 1 N–H and O–H groups in total. The first-order valence-corrected chi connectivity index (χ1v) is 8.02. The summed E-state index contributed by atoms with van der Waals surface area (Å²) < 4.78 is 7.02. The molecule has 0 aliphatic carbocycles. The van der Waals surface area contributed by atoms with Crippen molar-refractivity contribution in [3.63, 3.8) is 0 Å². The molecule has 1 aromatic heterocycles. The summed E-state index contributed by atoms with van der Waals surface area (Å²) in [6.07, 6.45) is 0. The van der Waals surface area contributed by atoms with E-state index < -0.39 is 5.91 Å². The van der Waals surface area contributed by atoms with Gasteiger partial charge in [-0.25, -0.2) is 0 Å². The Labute approximate surface area is 149 Å². The highest BCUT2D eigenvalue weighted by molar-refractivity contribution is 5.95. The summed E-state index contributed by atoms with van der Waals surface area (Å²) in [5.74, 6) is -0.351. The fourth-order valence-corrected chi connectivity index (χ4v) is 2.65. The number of ether oxygens (including phenoxy) is 1. The average molecular weight is 348 g/mol. The van der Waals surface area contributed by atoms with Crippen LogP contribution in [0.5, 0.6) is 11.6 Å². The van der Waals surface area contributed by atoms with Crippen LogP contribution >= 0.6 is 0 Å². The Balaban J connectivity index is 1.78. The number of aromatic hydroxyl groups is 1. The number of nitrogens with zero attached hydrogens (tertiary/aromatic N) is 4. The minimum atomic E-state index is -0.620. The summed E-state index contributed by atoms with van der Waals surface area (Å²) >= 11 is 0. The first kappa shape index (κ1) is 17.2. The van der Waals surface area contributed by atoms with Gasteiger partial charge in [0.05, 0.1) is 11.1 Å². The second kappa shape index (κ2) is 7.49. The molecule has 0 saturated heterocycles. The number of carbonyl (C=O) groups is 1. The van der Waals surface area contributed by atoms with Gasteiger partial charge in [-0.2, -0.15) is 5.26 Å². The molecule has 1 amide bonds. The minimum absolute atomic E-state index is 0.0407. The van der Waals surface area contributed by atoms with Crippen LogP contribution in [0.2, 0.25) is 0 Å². The third kappa shape index (κ3) is 3.26. The Morgan fingerprint density at radius 3 is 2.73 bits per heavy atom. The molecule has 3 rings (SSSR count). The maximum atomic E-state index is 12.0. The predicted molar refractivity (Wildman–Crippen MR) is 95.5 cm³/mol. The van der Waals surface area contributed by atoms with E-state index in [4.69, 9.17) is 10.00 Å². The largest absolute Gasteiger partial charge is 0.493 e. The van der Waals surface area contributed by atoms with Crippen molar-refractivity contribution < 1.29 is 14.6 Å². The number of para-hydroxylation sites is 2. The van der Waals surface area contributed by atoms with Crippen molar-refractivity contribution in [1.29, 1.82) is 5.26 Å². The molecule has 0 spiro atoms. The fraction of sp³-hybridized carbons (Fsp3) is 0.158. The van der Waals surface area contributed by atoms with Gasteiger partial charge in [0.25, 0.3) is 0 Å². The zero-order valence-electron chi connectivity index (χ0n) is 14.1. The maximum Gasteiger partial charge on any atom is 0.302 e. The van der Waals surface area contributed by atoms with Crippen molar-refractivity contribution in [3.05, 3.63) is 54.1 Å². The summed E-state index contributed by atoms with van der Waals surface area (Å²) in [5.41, 5.74) is 1.39. The van der Waals surface area contributed by atoms with Crippen LogP contribution in [0, 0.1) is 11.3 Å². The molecule has 0 aliphatic heterocycles. The monoisotopic (exact) mass is 348 g/mol. The quantitative estimate of drug-likeness (QED) is 0.706. The first-order valence-electron chi connectivity index (χ1n) is 8.02. The van der Waals surface area contributed by atoms with E-state index in [0.29, 0.717) is 23.2 Å². The lowest BCUT2D eigenvalue weighted by atomic mass is 10.2. The van der Waals surface area contributed by atoms with Crippen molar-refractivity contribution in [2.75, 3.05) is 6.61 Å². The van der Waals surface area contributed by atoms with E-state index in [1.165, 1.54) is 0 Å². The SMILES string of the molecule is CCn1c(O)c(N=NC(=O)COc2ccccc2C#N)c2ccccc21. The van der Waals surface area contributed by atoms with E-state index in [1.807, 2.05) is 31.2 Å². The molecule has 0 atom stereocenters. The topological polar surface area (TPSA) is 100.0 Å². The van der Waals surface area contributed by atoms with E-state index in [9.17, 15) is 9.90 Å². The van der Waals surface area contributed by atoms with Crippen molar-refractivity contribution in [3.8, 4) is 17.7 Å². The lowest BCUT2D eigenvalue weighted by Gasteiger charge is -2.04. The van der Waals surface area contributed by atoms with Gasteiger partial charge in [0.1, 0.15) is 11.8 Å². The number of fused-ring (bicyclic) bond motifs is 1. The molecule has 0 aliphatic rings. The van der Waals surface area contributed by atoms with Crippen LogP contribution < -0.4 is 4.74 Å². The van der Waals surface area contributed by atoms with Crippen LogP contribution in [0.4, 0.5) is 5.69 Å². The van der Waals surface area contributed by atoms with Crippen molar-refractivity contribution >= 4 is 22.5 Å². The van der Waals surface area contributed by atoms with Gasteiger partial charge in [-0.1, -0.05) is 30.3 Å². The number of hydrogen-bond acceptors (Lipinski definition) is 5. The summed E-state index contributed by atoms with van der Waals surface area (Å²) in [6.45, 7) is 2.11. The molecule has 7 heteroatoms. The molecule has 26 heavy (non-hydrogen) atoms. The highest BCUT2D eigenvalue weighted by Gasteiger charge is 2.15. The Bertz CT molecular complexity index is 1030. The molecule has 0 unspecified atom stereocenters. The normalized spacial score (nSPS) is 10.9. The number of hydrogen-bond donors (Lipinski definition) is 1. The zero-order valence-corrected chi connectivity index (χ0v) is 14.1. The van der Waals surface area contributed by atoms with E-state index in [2.05, 4.69) is 10.2 Å². The first-order chi connectivity index (χ1) is 12.7. The number of benzene rings is 2.